The van der Waals surface area contributed by atoms with E-state index in [1.807, 2.05) is 44.0 Å². The van der Waals surface area contributed by atoms with E-state index in [9.17, 15) is 4.79 Å². The Balaban J connectivity index is 1.75. The fourth-order valence-electron chi connectivity index (χ4n) is 2.99. The zero-order chi connectivity index (χ0) is 15.7. The van der Waals surface area contributed by atoms with Crippen LogP contribution < -0.4 is 0 Å². The molecule has 3 rings (SSSR count). The number of pyridine rings is 1. The van der Waals surface area contributed by atoms with E-state index in [1.165, 1.54) is 0 Å². The molecule has 0 N–H and O–H groups in total. The quantitative estimate of drug-likeness (QED) is 0.853. The van der Waals surface area contributed by atoms with Gasteiger partial charge >= 0.3 is 6.09 Å². The Morgan fingerprint density at radius 3 is 3.00 bits per heavy atom. The van der Waals surface area contributed by atoms with Gasteiger partial charge in [-0.25, -0.2) is 4.79 Å². The maximum Gasteiger partial charge on any atom is 0.410 e. The van der Waals surface area contributed by atoms with E-state index in [0.717, 1.165) is 37.0 Å². The number of aromatic nitrogens is 2. The van der Waals surface area contributed by atoms with E-state index in [0.29, 0.717) is 0 Å². The van der Waals surface area contributed by atoms with Gasteiger partial charge < -0.3 is 14.2 Å². The molecular weight excluding hydrogens is 278 g/mol. The minimum atomic E-state index is -0.450. The van der Waals surface area contributed by atoms with Crippen LogP contribution in [-0.4, -0.2) is 38.7 Å². The van der Waals surface area contributed by atoms with E-state index in [2.05, 4.69) is 15.6 Å². The normalized spacial score (nSPS) is 18.9. The zero-order valence-corrected chi connectivity index (χ0v) is 13.5. The number of nitrogens with zero attached hydrogens (tertiary/aromatic N) is 3. The van der Waals surface area contributed by atoms with Crippen LogP contribution in [-0.2, 0) is 11.3 Å². The van der Waals surface area contributed by atoms with E-state index in [1.54, 1.807) is 6.20 Å². The zero-order valence-electron chi connectivity index (χ0n) is 13.5. The Kier molecular flexibility index (Phi) is 3.81. The van der Waals surface area contributed by atoms with Crippen molar-refractivity contribution in [3.8, 4) is 0 Å². The molecule has 5 heteroatoms. The summed E-state index contributed by atoms with van der Waals surface area (Å²) in [6.07, 6.45) is 5.68. The predicted octanol–water partition coefficient (Wildman–Crippen LogP) is 3.44. The summed E-state index contributed by atoms with van der Waals surface area (Å²) in [6.45, 7) is 7.27. The number of rotatable bonds is 2. The van der Waals surface area contributed by atoms with Crippen LogP contribution in [0.15, 0.2) is 30.6 Å². The van der Waals surface area contributed by atoms with Gasteiger partial charge in [-0.05, 0) is 51.8 Å². The number of fused-ring (bicyclic) bond motifs is 1. The van der Waals surface area contributed by atoms with Crippen molar-refractivity contribution >= 4 is 17.1 Å². The number of carbonyl (C=O) groups excluding carboxylic acids is 1. The van der Waals surface area contributed by atoms with Gasteiger partial charge in [0.25, 0.3) is 0 Å². The highest BCUT2D eigenvalue weighted by atomic mass is 16.6. The maximum atomic E-state index is 12.3. The second kappa shape index (κ2) is 5.63. The summed E-state index contributed by atoms with van der Waals surface area (Å²) in [5.41, 5.74) is 1.65. The second-order valence-electron chi connectivity index (χ2n) is 6.85. The fourth-order valence-corrected chi connectivity index (χ4v) is 2.99. The lowest BCUT2D eigenvalue weighted by atomic mass is 10.2. The van der Waals surface area contributed by atoms with Crippen LogP contribution in [0.3, 0.4) is 0 Å². The average molecular weight is 301 g/mol. The fraction of sp³-hybridized carbons (Fsp3) is 0.529. The molecule has 1 fully saturated rings. The molecule has 1 aliphatic heterocycles. The molecule has 1 amide bonds. The lowest BCUT2D eigenvalue weighted by Gasteiger charge is -2.29. The van der Waals surface area contributed by atoms with E-state index in [-0.39, 0.29) is 12.1 Å². The molecule has 0 aliphatic carbocycles. The van der Waals surface area contributed by atoms with Crippen LogP contribution in [0.5, 0.6) is 0 Å². The molecule has 0 spiro atoms. The summed E-state index contributed by atoms with van der Waals surface area (Å²) in [4.78, 5) is 18.6. The first-order chi connectivity index (χ1) is 10.4. The van der Waals surface area contributed by atoms with Crippen LogP contribution in [0.2, 0.25) is 0 Å². The van der Waals surface area contributed by atoms with Gasteiger partial charge in [-0.1, -0.05) is 0 Å². The lowest BCUT2D eigenvalue weighted by Crippen LogP contribution is -2.41. The van der Waals surface area contributed by atoms with E-state index in [4.69, 9.17) is 4.74 Å². The highest BCUT2D eigenvalue weighted by molar-refractivity contribution is 5.75. The first kappa shape index (κ1) is 14.9. The molecule has 1 saturated heterocycles. The summed E-state index contributed by atoms with van der Waals surface area (Å²) in [5.74, 6) is 0. The molecule has 0 radical (unpaired) electrons. The number of amides is 1. The van der Waals surface area contributed by atoms with E-state index >= 15 is 0 Å². The Morgan fingerprint density at radius 2 is 2.23 bits per heavy atom. The molecular formula is C17H23N3O2. The Bertz CT molecular complexity index is 672. The van der Waals surface area contributed by atoms with Gasteiger partial charge in [-0.2, -0.15) is 0 Å². The summed E-state index contributed by atoms with van der Waals surface area (Å²) in [7, 11) is 0. The minimum Gasteiger partial charge on any atom is -0.444 e. The number of ether oxygens (including phenoxy) is 1. The first-order valence-corrected chi connectivity index (χ1v) is 7.83. The molecule has 0 saturated carbocycles. The van der Waals surface area contributed by atoms with Crippen molar-refractivity contribution in [2.24, 2.45) is 0 Å². The van der Waals surface area contributed by atoms with Gasteiger partial charge in [0.2, 0.25) is 0 Å². The van der Waals surface area contributed by atoms with Crippen LogP contribution in [0, 0.1) is 0 Å². The second-order valence-corrected chi connectivity index (χ2v) is 6.85. The maximum absolute atomic E-state index is 12.3. The molecule has 0 bridgehead atoms. The van der Waals surface area contributed by atoms with Crippen molar-refractivity contribution in [3.05, 3.63) is 30.6 Å². The molecule has 0 unspecified atom stereocenters. The Labute approximate surface area is 130 Å². The third-order valence-electron chi connectivity index (χ3n) is 3.95. The van der Waals surface area contributed by atoms with Gasteiger partial charge in [0.1, 0.15) is 5.60 Å². The van der Waals surface area contributed by atoms with E-state index < -0.39 is 5.60 Å². The molecule has 3 heterocycles. The van der Waals surface area contributed by atoms with Gasteiger partial charge in [-0.15, -0.1) is 0 Å². The summed E-state index contributed by atoms with van der Waals surface area (Å²) in [5, 5.41) is 0. The van der Waals surface area contributed by atoms with Gasteiger partial charge in [0.05, 0.1) is 17.1 Å². The molecule has 118 valence electrons. The van der Waals surface area contributed by atoms with Crippen LogP contribution in [0.1, 0.15) is 33.6 Å². The van der Waals surface area contributed by atoms with Crippen molar-refractivity contribution < 1.29 is 9.53 Å². The molecule has 2 aromatic heterocycles. The van der Waals surface area contributed by atoms with Crippen molar-refractivity contribution in [2.45, 2.75) is 51.8 Å². The molecule has 1 atom stereocenters. The van der Waals surface area contributed by atoms with Crippen LogP contribution in [0.25, 0.3) is 11.0 Å². The number of likely N-dealkylation sites (tertiary alicyclic amines) is 1. The molecule has 1 aliphatic rings. The topological polar surface area (TPSA) is 47.4 Å². The molecule has 22 heavy (non-hydrogen) atoms. The van der Waals surface area contributed by atoms with Crippen molar-refractivity contribution in [1.82, 2.24) is 14.5 Å². The van der Waals surface area contributed by atoms with Crippen molar-refractivity contribution in [1.29, 1.82) is 0 Å². The molecule has 5 nitrogen and oxygen atoms in total. The summed E-state index contributed by atoms with van der Waals surface area (Å²) >= 11 is 0. The monoisotopic (exact) mass is 301 g/mol. The van der Waals surface area contributed by atoms with Gasteiger partial charge in [0, 0.05) is 25.5 Å². The SMILES string of the molecule is CC(C)(C)OC(=O)N1CCC[C@@H]1Cn1ccc2ncccc21. The van der Waals surface area contributed by atoms with Crippen LogP contribution in [0.4, 0.5) is 4.79 Å². The van der Waals surface area contributed by atoms with Crippen molar-refractivity contribution in [2.75, 3.05) is 6.54 Å². The highest BCUT2D eigenvalue weighted by Crippen LogP contribution is 2.23. The predicted molar refractivity (Wildman–Crippen MR) is 85.7 cm³/mol. The van der Waals surface area contributed by atoms with Crippen LogP contribution >= 0.6 is 0 Å². The minimum absolute atomic E-state index is 0.186. The van der Waals surface area contributed by atoms with Gasteiger partial charge in [0.15, 0.2) is 0 Å². The van der Waals surface area contributed by atoms with Crippen molar-refractivity contribution in [3.63, 3.8) is 0 Å². The standard InChI is InChI=1S/C17H23N3O2/c1-17(2,3)22-16(21)20-10-5-6-13(20)12-19-11-8-14-15(19)7-4-9-18-14/h4,7-9,11,13H,5-6,10,12H2,1-3H3/t13-/m1/s1. The molecule has 2 aromatic rings. The highest BCUT2D eigenvalue weighted by Gasteiger charge is 2.32. The largest absolute Gasteiger partial charge is 0.444 e. The summed E-state index contributed by atoms with van der Waals surface area (Å²) < 4.78 is 7.70. The Hall–Kier alpha value is -2.04. The third kappa shape index (κ3) is 3.08. The Morgan fingerprint density at radius 1 is 1.41 bits per heavy atom. The smallest absolute Gasteiger partial charge is 0.410 e. The molecule has 0 aromatic carbocycles. The number of hydrogen-bond acceptors (Lipinski definition) is 3. The van der Waals surface area contributed by atoms with Gasteiger partial charge in [-0.3, -0.25) is 4.98 Å². The number of carbonyl (C=O) groups is 1. The lowest BCUT2D eigenvalue weighted by molar-refractivity contribution is 0.0215. The average Bonchev–Trinajstić information content (AvgIpc) is 3.05. The third-order valence-corrected chi connectivity index (χ3v) is 3.95. The first-order valence-electron chi connectivity index (χ1n) is 7.83. The number of hydrogen-bond donors (Lipinski definition) is 0. The summed E-state index contributed by atoms with van der Waals surface area (Å²) in [6, 6.07) is 6.21.